The highest BCUT2D eigenvalue weighted by atomic mass is 32.1. The van der Waals surface area contributed by atoms with Crippen LogP contribution in [-0.2, 0) is 9.59 Å². The van der Waals surface area contributed by atoms with E-state index in [-0.39, 0.29) is 6.04 Å². The molecule has 1 unspecified atom stereocenters. The highest BCUT2D eigenvalue weighted by molar-refractivity contribution is 7.11. The lowest BCUT2D eigenvalue weighted by Gasteiger charge is -2.13. The Balaban J connectivity index is 1.84. The quantitative estimate of drug-likeness (QED) is 0.515. The van der Waals surface area contributed by atoms with Gasteiger partial charge in [0.2, 0.25) is 0 Å². The number of hydrogen-bond donors (Lipinski definition) is 2. The van der Waals surface area contributed by atoms with Crippen molar-refractivity contribution < 1.29 is 9.59 Å². The summed E-state index contributed by atoms with van der Waals surface area (Å²) in [7, 11) is 0. The molecule has 0 bridgehead atoms. The lowest BCUT2D eigenvalue weighted by atomic mass is 10.1. The number of benzene rings is 1. The van der Waals surface area contributed by atoms with E-state index in [1.54, 1.807) is 0 Å². The Labute approximate surface area is 126 Å². The molecule has 1 heterocycles. The molecule has 0 aliphatic rings. The molecule has 0 fully saturated rings. The SMILES string of the molecule is CC(NC(=O)C(=O)NN=Cc1cccs1)c1ccccc1. The van der Waals surface area contributed by atoms with E-state index >= 15 is 0 Å². The fraction of sp³-hybridized carbons (Fsp3) is 0.133. The standard InChI is InChI=1S/C15H15N3O2S/c1-11(12-6-3-2-4-7-12)17-14(19)15(20)18-16-10-13-8-5-9-21-13/h2-11H,1H3,(H,17,19)(H,18,20). The van der Waals surface area contributed by atoms with Gasteiger partial charge in [0.1, 0.15) is 0 Å². The van der Waals surface area contributed by atoms with Crippen LogP contribution in [0.4, 0.5) is 0 Å². The predicted molar refractivity (Wildman–Crippen MR) is 83.1 cm³/mol. The van der Waals surface area contributed by atoms with E-state index in [9.17, 15) is 9.59 Å². The summed E-state index contributed by atoms with van der Waals surface area (Å²) < 4.78 is 0. The fourth-order valence-corrected chi connectivity index (χ4v) is 2.24. The summed E-state index contributed by atoms with van der Waals surface area (Å²) in [6, 6.07) is 12.9. The molecule has 6 heteroatoms. The Morgan fingerprint density at radius 1 is 1.14 bits per heavy atom. The number of hydrogen-bond acceptors (Lipinski definition) is 4. The third kappa shape index (κ3) is 4.54. The van der Waals surface area contributed by atoms with E-state index in [1.165, 1.54) is 17.6 Å². The summed E-state index contributed by atoms with van der Waals surface area (Å²) in [6.07, 6.45) is 1.50. The van der Waals surface area contributed by atoms with Crippen LogP contribution in [0.1, 0.15) is 23.4 Å². The van der Waals surface area contributed by atoms with E-state index in [1.807, 2.05) is 54.8 Å². The van der Waals surface area contributed by atoms with Crippen LogP contribution in [0.2, 0.25) is 0 Å². The molecule has 0 aliphatic carbocycles. The zero-order valence-corrected chi connectivity index (χ0v) is 12.3. The molecular weight excluding hydrogens is 286 g/mol. The van der Waals surface area contributed by atoms with Gasteiger partial charge in [-0.05, 0) is 23.9 Å². The molecule has 0 spiro atoms. The molecule has 2 N–H and O–H groups in total. The van der Waals surface area contributed by atoms with Crippen molar-refractivity contribution in [2.45, 2.75) is 13.0 Å². The van der Waals surface area contributed by atoms with Gasteiger partial charge in [-0.15, -0.1) is 11.3 Å². The first-order chi connectivity index (χ1) is 10.2. The number of amides is 2. The number of nitrogens with zero attached hydrogens (tertiary/aromatic N) is 1. The van der Waals surface area contributed by atoms with Gasteiger partial charge in [0, 0.05) is 4.88 Å². The van der Waals surface area contributed by atoms with Crippen molar-refractivity contribution in [2.24, 2.45) is 5.10 Å². The highest BCUT2D eigenvalue weighted by Crippen LogP contribution is 2.10. The van der Waals surface area contributed by atoms with Gasteiger partial charge in [-0.25, -0.2) is 5.43 Å². The second kappa shape index (κ2) is 7.35. The van der Waals surface area contributed by atoms with Gasteiger partial charge in [0.15, 0.2) is 0 Å². The second-order valence-corrected chi connectivity index (χ2v) is 5.30. The van der Waals surface area contributed by atoms with Crippen molar-refractivity contribution >= 4 is 29.4 Å². The van der Waals surface area contributed by atoms with E-state index in [0.29, 0.717) is 0 Å². The summed E-state index contributed by atoms with van der Waals surface area (Å²) in [6.45, 7) is 1.81. The van der Waals surface area contributed by atoms with Crippen molar-refractivity contribution in [1.82, 2.24) is 10.7 Å². The number of carbonyl (C=O) groups excluding carboxylic acids is 2. The minimum absolute atomic E-state index is 0.245. The fourth-order valence-electron chi connectivity index (χ4n) is 1.66. The summed E-state index contributed by atoms with van der Waals surface area (Å²) in [5.74, 6) is -1.50. The lowest BCUT2D eigenvalue weighted by molar-refractivity contribution is -0.139. The topological polar surface area (TPSA) is 70.6 Å². The Morgan fingerprint density at radius 2 is 1.90 bits per heavy atom. The maximum absolute atomic E-state index is 11.7. The molecule has 1 atom stereocenters. The van der Waals surface area contributed by atoms with Crippen LogP contribution >= 0.6 is 11.3 Å². The first-order valence-electron chi connectivity index (χ1n) is 6.39. The van der Waals surface area contributed by atoms with Crippen LogP contribution in [0.3, 0.4) is 0 Å². The van der Waals surface area contributed by atoms with Gasteiger partial charge in [0.05, 0.1) is 12.3 Å². The van der Waals surface area contributed by atoms with Crippen LogP contribution in [0.5, 0.6) is 0 Å². The van der Waals surface area contributed by atoms with Crippen LogP contribution < -0.4 is 10.7 Å². The van der Waals surface area contributed by atoms with Crippen LogP contribution in [0.25, 0.3) is 0 Å². The molecule has 5 nitrogen and oxygen atoms in total. The Morgan fingerprint density at radius 3 is 2.57 bits per heavy atom. The number of hydrazone groups is 1. The van der Waals surface area contributed by atoms with Gasteiger partial charge < -0.3 is 5.32 Å². The second-order valence-electron chi connectivity index (χ2n) is 4.32. The van der Waals surface area contributed by atoms with E-state index in [0.717, 1.165) is 10.4 Å². The minimum Gasteiger partial charge on any atom is -0.341 e. The van der Waals surface area contributed by atoms with Crippen molar-refractivity contribution in [1.29, 1.82) is 0 Å². The molecule has 2 rings (SSSR count). The van der Waals surface area contributed by atoms with Gasteiger partial charge >= 0.3 is 11.8 Å². The van der Waals surface area contributed by atoms with Gasteiger partial charge in [-0.1, -0.05) is 36.4 Å². The Kier molecular flexibility index (Phi) is 5.22. The first-order valence-corrected chi connectivity index (χ1v) is 7.27. The third-order valence-corrected chi connectivity index (χ3v) is 3.56. The monoisotopic (exact) mass is 301 g/mol. The summed E-state index contributed by atoms with van der Waals surface area (Å²) in [5, 5.41) is 8.26. The smallest absolute Gasteiger partial charge is 0.329 e. The van der Waals surface area contributed by atoms with Crippen molar-refractivity contribution in [3.63, 3.8) is 0 Å². The van der Waals surface area contributed by atoms with Gasteiger partial charge in [-0.2, -0.15) is 5.10 Å². The van der Waals surface area contributed by atoms with E-state index < -0.39 is 11.8 Å². The van der Waals surface area contributed by atoms with Crippen LogP contribution in [-0.4, -0.2) is 18.0 Å². The normalized spacial score (nSPS) is 12.0. The molecule has 0 radical (unpaired) electrons. The summed E-state index contributed by atoms with van der Waals surface area (Å²) in [5.41, 5.74) is 3.13. The molecule has 1 aromatic carbocycles. The number of nitrogens with one attached hydrogen (secondary N) is 2. The van der Waals surface area contributed by atoms with Crippen molar-refractivity contribution in [3.8, 4) is 0 Å². The molecular formula is C15H15N3O2S. The predicted octanol–water partition coefficient (Wildman–Crippen LogP) is 2.08. The van der Waals surface area contributed by atoms with Gasteiger partial charge in [0.25, 0.3) is 0 Å². The Hall–Kier alpha value is -2.47. The first kappa shape index (κ1) is 14.9. The average Bonchev–Trinajstić information content (AvgIpc) is 3.01. The Bertz CT molecular complexity index is 624. The van der Waals surface area contributed by atoms with Crippen molar-refractivity contribution in [3.05, 3.63) is 58.3 Å². The average molecular weight is 301 g/mol. The molecule has 2 amide bonds. The summed E-state index contributed by atoms with van der Waals surface area (Å²) in [4.78, 5) is 24.2. The minimum atomic E-state index is -0.786. The highest BCUT2D eigenvalue weighted by Gasteiger charge is 2.16. The van der Waals surface area contributed by atoms with Gasteiger partial charge in [-0.3, -0.25) is 9.59 Å². The zero-order valence-electron chi connectivity index (χ0n) is 11.4. The van der Waals surface area contributed by atoms with E-state index in [4.69, 9.17) is 0 Å². The third-order valence-electron chi connectivity index (χ3n) is 2.75. The molecule has 0 aliphatic heterocycles. The molecule has 0 saturated heterocycles. The number of carbonyl (C=O) groups is 2. The largest absolute Gasteiger partial charge is 0.341 e. The maximum Gasteiger partial charge on any atom is 0.329 e. The number of thiophene rings is 1. The molecule has 1 aromatic heterocycles. The molecule has 0 saturated carbocycles. The van der Waals surface area contributed by atoms with Crippen LogP contribution in [0.15, 0.2) is 52.9 Å². The van der Waals surface area contributed by atoms with Crippen LogP contribution in [0, 0.1) is 0 Å². The molecule has 2 aromatic rings. The summed E-state index contributed by atoms with van der Waals surface area (Å²) >= 11 is 1.49. The number of rotatable bonds is 4. The van der Waals surface area contributed by atoms with Crippen molar-refractivity contribution in [2.75, 3.05) is 0 Å². The molecule has 21 heavy (non-hydrogen) atoms. The molecule has 108 valence electrons. The lowest BCUT2D eigenvalue weighted by Crippen LogP contribution is -2.39. The zero-order chi connectivity index (χ0) is 15.1. The maximum atomic E-state index is 11.7. The van der Waals surface area contributed by atoms with E-state index in [2.05, 4.69) is 15.8 Å².